The summed E-state index contributed by atoms with van der Waals surface area (Å²) in [5.41, 5.74) is 0.411. The van der Waals surface area contributed by atoms with Crippen molar-refractivity contribution in [2.24, 2.45) is 0 Å². The molecule has 0 aromatic carbocycles. The van der Waals surface area contributed by atoms with Crippen LogP contribution in [0.5, 0.6) is 0 Å². The lowest BCUT2D eigenvalue weighted by Crippen LogP contribution is -2.58. The zero-order chi connectivity index (χ0) is 7.03. The van der Waals surface area contributed by atoms with Gasteiger partial charge in [-0.15, -0.1) is 0 Å². The Labute approximate surface area is 61.9 Å². The minimum atomic E-state index is 0.411. The highest BCUT2D eigenvalue weighted by Crippen LogP contribution is 2.40. The summed E-state index contributed by atoms with van der Waals surface area (Å²) in [6.45, 7) is 1.19. The second-order valence-corrected chi connectivity index (χ2v) is 3.45. The van der Waals surface area contributed by atoms with Gasteiger partial charge in [0.25, 0.3) is 0 Å². The molecule has 0 amide bonds. The van der Waals surface area contributed by atoms with E-state index in [0.717, 1.165) is 0 Å². The van der Waals surface area contributed by atoms with Crippen LogP contribution in [0, 0.1) is 0 Å². The fourth-order valence-electron chi connectivity index (χ4n) is 2.27. The maximum absolute atomic E-state index is 5.36. The summed E-state index contributed by atoms with van der Waals surface area (Å²) in [5.74, 6) is 0. The van der Waals surface area contributed by atoms with Gasteiger partial charge in [0, 0.05) is 12.6 Å². The molecule has 1 spiro atoms. The van der Waals surface area contributed by atoms with E-state index in [1.165, 1.54) is 32.2 Å². The number of rotatable bonds is 1. The summed E-state index contributed by atoms with van der Waals surface area (Å²) in [6.07, 6.45) is 5.75. The van der Waals surface area contributed by atoms with Crippen LogP contribution in [0.15, 0.2) is 0 Å². The van der Waals surface area contributed by atoms with E-state index < -0.39 is 0 Å². The molecule has 0 aromatic rings. The van der Waals surface area contributed by atoms with Gasteiger partial charge in [-0.3, -0.25) is 0 Å². The van der Waals surface area contributed by atoms with E-state index in [1.807, 2.05) is 7.11 Å². The molecule has 2 aliphatic rings. The normalized spacial score (nSPS) is 45.9. The summed E-state index contributed by atoms with van der Waals surface area (Å²) < 4.78 is 5.36. The predicted molar refractivity (Wildman–Crippen MR) is 40.0 cm³/mol. The third-order valence-corrected chi connectivity index (χ3v) is 3.03. The highest BCUT2D eigenvalue weighted by atomic mass is 16.5. The first-order chi connectivity index (χ1) is 4.87. The van der Waals surface area contributed by atoms with Crippen molar-refractivity contribution in [2.45, 2.75) is 37.3 Å². The first kappa shape index (κ1) is 6.62. The minimum Gasteiger partial charge on any atom is -0.380 e. The van der Waals surface area contributed by atoms with Gasteiger partial charge >= 0.3 is 0 Å². The smallest absolute Gasteiger partial charge is 0.0753 e. The van der Waals surface area contributed by atoms with E-state index in [1.54, 1.807) is 0 Å². The van der Waals surface area contributed by atoms with Gasteiger partial charge < -0.3 is 10.1 Å². The van der Waals surface area contributed by atoms with Crippen LogP contribution in [-0.4, -0.2) is 25.3 Å². The molecule has 1 aliphatic heterocycles. The van der Waals surface area contributed by atoms with Gasteiger partial charge in [-0.1, -0.05) is 0 Å². The summed E-state index contributed by atoms with van der Waals surface area (Å²) >= 11 is 0. The lowest BCUT2D eigenvalue weighted by atomic mass is 9.73. The van der Waals surface area contributed by atoms with Crippen molar-refractivity contribution < 1.29 is 4.74 Å². The monoisotopic (exact) mass is 141 g/mol. The molecule has 2 heteroatoms. The molecule has 1 N–H and O–H groups in total. The molecular formula is C8H15NO. The second-order valence-electron chi connectivity index (χ2n) is 3.45. The van der Waals surface area contributed by atoms with Crippen LogP contribution in [0.1, 0.15) is 25.7 Å². The molecule has 58 valence electrons. The van der Waals surface area contributed by atoms with Crippen LogP contribution in [0.3, 0.4) is 0 Å². The van der Waals surface area contributed by atoms with Crippen LogP contribution in [0.25, 0.3) is 0 Å². The number of methoxy groups -OCH3 is 1. The number of hydrogen-bond donors (Lipinski definition) is 1. The molecule has 1 aliphatic carbocycles. The molecule has 1 heterocycles. The van der Waals surface area contributed by atoms with Gasteiger partial charge in [-0.2, -0.15) is 0 Å². The molecule has 2 nitrogen and oxygen atoms in total. The molecule has 0 radical (unpaired) electrons. The van der Waals surface area contributed by atoms with E-state index in [2.05, 4.69) is 5.32 Å². The van der Waals surface area contributed by atoms with Crippen molar-refractivity contribution in [3.63, 3.8) is 0 Å². The standard InChI is InChI=1S/C8H15NO/c1-10-7-3-5-8(7)4-2-6-9-8/h7,9H,2-6H2,1H3. The summed E-state index contributed by atoms with van der Waals surface area (Å²) in [6, 6.07) is 0. The van der Waals surface area contributed by atoms with Crippen LogP contribution in [-0.2, 0) is 4.74 Å². The molecular weight excluding hydrogens is 126 g/mol. The van der Waals surface area contributed by atoms with E-state index >= 15 is 0 Å². The van der Waals surface area contributed by atoms with E-state index in [-0.39, 0.29) is 0 Å². The zero-order valence-electron chi connectivity index (χ0n) is 6.52. The zero-order valence-corrected chi connectivity index (χ0v) is 6.52. The van der Waals surface area contributed by atoms with Gasteiger partial charge in [0.2, 0.25) is 0 Å². The van der Waals surface area contributed by atoms with Crippen LogP contribution in [0.4, 0.5) is 0 Å². The first-order valence-electron chi connectivity index (χ1n) is 4.15. The highest BCUT2D eigenvalue weighted by Gasteiger charge is 2.48. The third-order valence-electron chi connectivity index (χ3n) is 3.03. The Morgan fingerprint density at radius 2 is 2.40 bits per heavy atom. The molecule has 0 bridgehead atoms. The Kier molecular flexibility index (Phi) is 1.46. The molecule has 2 rings (SSSR count). The van der Waals surface area contributed by atoms with Gasteiger partial charge in [-0.25, -0.2) is 0 Å². The lowest BCUT2D eigenvalue weighted by Gasteiger charge is -2.46. The van der Waals surface area contributed by atoms with Crippen LogP contribution < -0.4 is 5.32 Å². The Morgan fingerprint density at radius 3 is 2.80 bits per heavy atom. The number of ether oxygens (including phenoxy) is 1. The van der Waals surface area contributed by atoms with Gasteiger partial charge in [0.05, 0.1) is 6.10 Å². The fraction of sp³-hybridized carbons (Fsp3) is 1.00. The summed E-state index contributed by atoms with van der Waals surface area (Å²) in [7, 11) is 1.82. The van der Waals surface area contributed by atoms with Crippen molar-refractivity contribution in [1.29, 1.82) is 0 Å². The Morgan fingerprint density at radius 1 is 1.50 bits per heavy atom. The molecule has 1 saturated carbocycles. The van der Waals surface area contributed by atoms with Crippen molar-refractivity contribution in [1.82, 2.24) is 5.32 Å². The third kappa shape index (κ3) is 0.722. The topological polar surface area (TPSA) is 21.3 Å². The summed E-state index contributed by atoms with van der Waals surface area (Å²) in [5, 5.41) is 3.55. The quantitative estimate of drug-likeness (QED) is 0.586. The molecule has 10 heavy (non-hydrogen) atoms. The van der Waals surface area contributed by atoms with E-state index in [4.69, 9.17) is 4.74 Å². The lowest BCUT2D eigenvalue weighted by molar-refractivity contribution is -0.0461. The average Bonchev–Trinajstić information content (AvgIpc) is 2.35. The van der Waals surface area contributed by atoms with Gasteiger partial charge in [-0.05, 0) is 32.2 Å². The van der Waals surface area contributed by atoms with Crippen molar-refractivity contribution in [2.75, 3.05) is 13.7 Å². The Hall–Kier alpha value is -0.0800. The maximum Gasteiger partial charge on any atom is 0.0753 e. The SMILES string of the molecule is COC1CCC12CCCN2. The molecule has 2 unspecified atom stereocenters. The van der Waals surface area contributed by atoms with Gasteiger partial charge in [0.15, 0.2) is 0 Å². The average molecular weight is 141 g/mol. The molecule has 2 atom stereocenters. The molecule has 0 aromatic heterocycles. The maximum atomic E-state index is 5.36. The van der Waals surface area contributed by atoms with E-state index in [0.29, 0.717) is 11.6 Å². The van der Waals surface area contributed by atoms with Crippen molar-refractivity contribution in [3.05, 3.63) is 0 Å². The predicted octanol–water partition coefficient (Wildman–Crippen LogP) is 0.917. The Balaban J connectivity index is 2.01. The van der Waals surface area contributed by atoms with E-state index in [9.17, 15) is 0 Å². The Bertz CT molecular complexity index is 127. The first-order valence-corrected chi connectivity index (χ1v) is 4.15. The summed E-state index contributed by atoms with van der Waals surface area (Å²) in [4.78, 5) is 0. The minimum absolute atomic E-state index is 0.411. The molecule has 2 fully saturated rings. The highest BCUT2D eigenvalue weighted by molar-refractivity contribution is 5.07. The van der Waals surface area contributed by atoms with Crippen molar-refractivity contribution in [3.8, 4) is 0 Å². The number of nitrogens with one attached hydrogen (secondary N) is 1. The van der Waals surface area contributed by atoms with Crippen LogP contribution >= 0.6 is 0 Å². The number of hydrogen-bond acceptors (Lipinski definition) is 2. The van der Waals surface area contributed by atoms with Crippen LogP contribution in [0.2, 0.25) is 0 Å². The largest absolute Gasteiger partial charge is 0.380 e. The molecule has 1 saturated heterocycles. The van der Waals surface area contributed by atoms with Gasteiger partial charge in [0.1, 0.15) is 0 Å². The fourth-order valence-corrected chi connectivity index (χ4v) is 2.27. The second kappa shape index (κ2) is 2.21. The van der Waals surface area contributed by atoms with Crippen molar-refractivity contribution >= 4 is 0 Å².